The van der Waals surface area contributed by atoms with Crippen LogP contribution in [0.5, 0.6) is 11.5 Å². The second-order valence-corrected chi connectivity index (χ2v) is 8.03. The topological polar surface area (TPSA) is 88.9 Å². The van der Waals surface area contributed by atoms with Gasteiger partial charge >= 0.3 is 0 Å². The zero-order chi connectivity index (χ0) is 20.9. The number of hydrogen-bond acceptors (Lipinski definition) is 5. The Labute approximate surface area is 170 Å². The highest BCUT2D eigenvalue weighted by Crippen LogP contribution is 2.33. The fourth-order valence-electron chi connectivity index (χ4n) is 2.78. The molecule has 0 saturated heterocycles. The van der Waals surface area contributed by atoms with Gasteiger partial charge in [-0.25, -0.2) is 8.42 Å². The second kappa shape index (κ2) is 8.93. The molecular formula is C21H22N2O5S. The number of ether oxygens (including phenoxy) is 1. The van der Waals surface area contributed by atoms with Gasteiger partial charge in [0.2, 0.25) is 10.0 Å². The monoisotopic (exact) mass is 414 g/mol. The molecule has 0 aliphatic carbocycles. The summed E-state index contributed by atoms with van der Waals surface area (Å²) in [7, 11) is -3.70. The number of carbonyl (C=O) groups excluding carboxylic acids is 1. The summed E-state index contributed by atoms with van der Waals surface area (Å²) >= 11 is 0. The Bertz CT molecular complexity index is 1060. The van der Waals surface area contributed by atoms with Gasteiger partial charge in [0.25, 0.3) is 5.91 Å². The van der Waals surface area contributed by atoms with Crippen molar-refractivity contribution in [3.05, 3.63) is 72.7 Å². The molecular weight excluding hydrogens is 392 g/mol. The van der Waals surface area contributed by atoms with Crippen LogP contribution in [0.15, 0.2) is 76.2 Å². The van der Waals surface area contributed by atoms with Gasteiger partial charge in [0.1, 0.15) is 5.75 Å². The molecule has 0 saturated carbocycles. The van der Waals surface area contributed by atoms with E-state index in [2.05, 4.69) is 5.32 Å². The molecule has 1 heterocycles. The lowest BCUT2D eigenvalue weighted by molar-refractivity contribution is 0.0996. The van der Waals surface area contributed by atoms with Crippen molar-refractivity contribution in [3.8, 4) is 11.5 Å². The molecule has 152 valence electrons. The van der Waals surface area contributed by atoms with Gasteiger partial charge in [-0.1, -0.05) is 32.0 Å². The molecule has 3 rings (SSSR count). The van der Waals surface area contributed by atoms with E-state index >= 15 is 0 Å². The van der Waals surface area contributed by atoms with Crippen LogP contribution in [-0.2, 0) is 10.0 Å². The molecule has 2 aromatic carbocycles. The fourth-order valence-corrected chi connectivity index (χ4v) is 4.26. The number of nitrogens with one attached hydrogen (secondary N) is 1. The molecule has 3 aromatic rings. The van der Waals surface area contributed by atoms with Crippen molar-refractivity contribution in [3.63, 3.8) is 0 Å². The SMILES string of the molecule is CCN(CC)S(=O)(=O)c1ccc(Oc2ccccc2)c(NC(=O)c2ccco2)c1. The average molecular weight is 414 g/mol. The second-order valence-electron chi connectivity index (χ2n) is 6.09. The van der Waals surface area contributed by atoms with Crippen molar-refractivity contribution in [2.45, 2.75) is 18.7 Å². The minimum absolute atomic E-state index is 0.0661. The van der Waals surface area contributed by atoms with E-state index in [1.807, 2.05) is 18.2 Å². The standard InChI is InChI=1S/C21H22N2O5S/c1-3-23(4-2)29(25,26)17-12-13-19(28-16-9-6-5-7-10-16)18(15-17)22-21(24)20-11-8-14-27-20/h5-15H,3-4H2,1-2H3,(H,22,24). The first kappa shape index (κ1) is 20.6. The summed E-state index contributed by atoms with van der Waals surface area (Å²) in [4.78, 5) is 12.5. The maximum atomic E-state index is 12.9. The van der Waals surface area contributed by atoms with E-state index in [-0.39, 0.29) is 16.3 Å². The van der Waals surface area contributed by atoms with Crippen molar-refractivity contribution in [1.82, 2.24) is 4.31 Å². The Kier molecular flexibility index (Phi) is 6.36. The van der Waals surface area contributed by atoms with E-state index in [0.717, 1.165) is 0 Å². The van der Waals surface area contributed by atoms with Gasteiger partial charge < -0.3 is 14.5 Å². The normalized spacial score (nSPS) is 11.4. The summed E-state index contributed by atoms with van der Waals surface area (Å²) in [6.07, 6.45) is 1.39. The van der Waals surface area contributed by atoms with Crippen molar-refractivity contribution < 1.29 is 22.4 Å². The van der Waals surface area contributed by atoms with E-state index < -0.39 is 15.9 Å². The summed E-state index contributed by atoms with van der Waals surface area (Å²) in [5.41, 5.74) is 0.225. The molecule has 1 aromatic heterocycles. The van der Waals surface area contributed by atoms with Gasteiger partial charge in [-0.3, -0.25) is 4.79 Å². The van der Waals surface area contributed by atoms with Gasteiger partial charge in [-0.2, -0.15) is 4.31 Å². The van der Waals surface area contributed by atoms with E-state index in [9.17, 15) is 13.2 Å². The Morgan fingerprint density at radius 1 is 1.03 bits per heavy atom. The summed E-state index contributed by atoms with van der Waals surface area (Å²) in [5, 5.41) is 2.68. The highest BCUT2D eigenvalue weighted by molar-refractivity contribution is 7.89. The van der Waals surface area contributed by atoms with Crippen molar-refractivity contribution in [2.75, 3.05) is 18.4 Å². The van der Waals surface area contributed by atoms with Gasteiger partial charge in [0.05, 0.1) is 16.8 Å². The first-order valence-corrected chi connectivity index (χ1v) is 10.6. The minimum atomic E-state index is -3.70. The lowest BCUT2D eigenvalue weighted by Crippen LogP contribution is -2.30. The molecule has 8 heteroatoms. The summed E-state index contributed by atoms with van der Waals surface area (Å²) < 4.78 is 38.1. The fraction of sp³-hybridized carbons (Fsp3) is 0.190. The number of carbonyl (C=O) groups is 1. The number of rotatable bonds is 8. The van der Waals surface area contributed by atoms with Gasteiger partial charge in [0.15, 0.2) is 11.5 Å². The Morgan fingerprint density at radius 3 is 2.38 bits per heavy atom. The molecule has 0 radical (unpaired) electrons. The Morgan fingerprint density at radius 2 is 1.76 bits per heavy atom. The minimum Gasteiger partial charge on any atom is -0.459 e. The van der Waals surface area contributed by atoms with Crippen LogP contribution >= 0.6 is 0 Å². The van der Waals surface area contributed by atoms with Gasteiger partial charge in [0, 0.05) is 13.1 Å². The summed E-state index contributed by atoms with van der Waals surface area (Å²) in [6.45, 7) is 4.23. The molecule has 0 aliphatic rings. The quantitative estimate of drug-likeness (QED) is 0.592. The van der Waals surface area contributed by atoms with Crippen LogP contribution in [0.25, 0.3) is 0 Å². The summed E-state index contributed by atoms with van der Waals surface area (Å²) in [6, 6.07) is 16.5. The molecule has 0 aliphatic heterocycles. The summed E-state index contributed by atoms with van der Waals surface area (Å²) in [5.74, 6) is 0.466. The van der Waals surface area contributed by atoms with Crippen molar-refractivity contribution >= 4 is 21.6 Å². The van der Waals surface area contributed by atoms with Crippen LogP contribution in [-0.4, -0.2) is 31.7 Å². The molecule has 7 nitrogen and oxygen atoms in total. The third-order valence-electron chi connectivity index (χ3n) is 4.26. The maximum Gasteiger partial charge on any atom is 0.291 e. The third kappa shape index (κ3) is 4.67. The maximum absolute atomic E-state index is 12.9. The van der Waals surface area contributed by atoms with Gasteiger partial charge in [-0.05, 0) is 42.5 Å². The number of para-hydroxylation sites is 1. The van der Waals surface area contributed by atoms with Crippen LogP contribution in [0.1, 0.15) is 24.4 Å². The molecule has 29 heavy (non-hydrogen) atoms. The highest BCUT2D eigenvalue weighted by atomic mass is 32.2. The average Bonchev–Trinajstić information content (AvgIpc) is 3.26. The van der Waals surface area contributed by atoms with Crippen LogP contribution < -0.4 is 10.1 Å². The molecule has 1 N–H and O–H groups in total. The highest BCUT2D eigenvalue weighted by Gasteiger charge is 2.24. The van der Waals surface area contributed by atoms with E-state index in [0.29, 0.717) is 24.6 Å². The molecule has 0 bridgehead atoms. The van der Waals surface area contributed by atoms with E-state index in [1.54, 1.807) is 32.0 Å². The Balaban J connectivity index is 2.00. The predicted octanol–water partition coefficient (Wildman–Crippen LogP) is 4.35. The third-order valence-corrected chi connectivity index (χ3v) is 6.30. The van der Waals surface area contributed by atoms with Crippen LogP contribution in [0, 0.1) is 0 Å². The Hall–Kier alpha value is -3.10. The number of benzene rings is 2. The zero-order valence-electron chi connectivity index (χ0n) is 16.2. The number of nitrogens with zero attached hydrogens (tertiary/aromatic N) is 1. The lowest BCUT2D eigenvalue weighted by Gasteiger charge is -2.20. The number of furan rings is 1. The van der Waals surface area contributed by atoms with Crippen LogP contribution in [0.2, 0.25) is 0 Å². The number of amides is 1. The smallest absolute Gasteiger partial charge is 0.291 e. The van der Waals surface area contributed by atoms with Crippen molar-refractivity contribution in [1.29, 1.82) is 0 Å². The van der Waals surface area contributed by atoms with Crippen LogP contribution in [0.4, 0.5) is 5.69 Å². The molecule has 0 fully saturated rings. The zero-order valence-corrected chi connectivity index (χ0v) is 17.0. The number of hydrogen-bond donors (Lipinski definition) is 1. The largest absolute Gasteiger partial charge is 0.459 e. The van der Waals surface area contributed by atoms with Crippen LogP contribution in [0.3, 0.4) is 0 Å². The molecule has 0 atom stereocenters. The number of anilines is 1. The van der Waals surface area contributed by atoms with Gasteiger partial charge in [-0.15, -0.1) is 0 Å². The lowest BCUT2D eigenvalue weighted by atomic mass is 10.2. The molecule has 0 spiro atoms. The van der Waals surface area contributed by atoms with E-state index in [1.165, 1.54) is 34.8 Å². The number of sulfonamides is 1. The first-order valence-electron chi connectivity index (χ1n) is 9.17. The first-order chi connectivity index (χ1) is 14.0. The predicted molar refractivity (Wildman–Crippen MR) is 110 cm³/mol. The van der Waals surface area contributed by atoms with Crippen molar-refractivity contribution in [2.24, 2.45) is 0 Å². The molecule has 0 unspecified atom stereocenters. The molecule has 1 amide bonds. The van der Waals surface area contributed by atoms with E-state index in [4.69, 9.17) is 9.15 Å².